The Morgan fingerprint density at radius 3 is 2.73 bits per heavy atom. The van der Waals surface area contributed by atoms with Crippen LogP contribution < -0.4 is 15.4 Å². The first-order valence-electron chi connectivity index (χ1n) is 7.38. The number of aliphatic imine (C=N–C) groups is 1. The van der Waals surface area contributed by atoms with Crippen molar-refractivity contribution < 1.29 is 14.2 Å². The van der Waals surface area contributed by atoms with E-state index in [1.807, 2.05) is 19.1 Å². The van der Waals surface area contributed by atoms with Crippen molar-refractivity contribution in [1.82, 2.24) is 15.6 Å². The molecule has 7 heteroatoms. The Morgan fingerprint density at radius 2 is 2.00 bits per heavy atom. The summed E-state index contributed by atoms with van der Waals surface area (Å²) in [6.45, 7) is 5.63. The molecule has 0 amide bonds. The third kappa shape index (κ3) is 7.24. The average Bonchev–Trinajstić information content (AvgIpc) is 2.54. The molecule has 0 spiro atoms. The van der Waals surface area contributed by atoms with E-state index in [-0.39, 0.29) is 0 Å². The molecule has 0 radical (unpaired) electrons. The first kappa shape index (κ1) is 18.2. The van der Waals surface area contributed by atoms with E-state index in [4.69, 9.17) is 14.2 Å². The molecule has 1 aromatic heterocycles. The molecule has 0 atom stereocenters. The number of methoxy groups -OCH3 is 2. The van der Waals surface area contributed by atoms with Gasteiger partial charge in [-0.2, -0.15) is 0 Å². The van der Waals surface area contributed by atoms with E-state index in [9.17, 15) is 0 Å². The zero-order valence-corrected chi connectivity index (χ0v) is 13.6. The third-order valence-corrected chi connectivity index (χ3v) is 2.73. The number of aromatic nitrogens is 1. The van der Waals surface area contributed by atoms with Crippen LogP contribution in [0, 0.1) is 0 Å². The summed E-state index contributed by atoms with van der Waals surface area (Å²) in [4.78, 5) is 8.77. The SMILES string of the molecule is CCNC(=NCc1cccnc1OCCOC)NCCOC. The molecule has 0 saturated carbocycles. The van der Waals surface area contributed by atoms with Crippen molar-refractivity contribution in [2.45, 2.75) is 13.5 Å². The van der Waals surface area contributed by atoms with Gasteiger partial charge in [0.15, 0.2) is 5.96 Å². The van der Waals surface area contributed by atoms with Gasteiger partial charge in [0.1, 0.15) is 6.61 Å². The van der Waals surface area contributed by atoms with E-state index in [2.05, 4.69) is 20.6 Å². The van der Waals surface area contributed by atoms with Gasteiger partial charge in [0.25, 0.3) is 0 Å². The summed E-state index contributed by atoms with van der Waals surface area (Å²) in [6.07, 6.45) is 1.71. The first-order valence-corrected chi connectivity index (χ1v) is 7.38. The number of pyridine rings is 1. The summed E-state index contributed by atoms with van der Waals surface area (Å²) < 4.78 is 15.6. The molecule has 0 unspecified atom stereocenters. The molecule has 0 fully saturated rings. The summed E-state index contributed by atoms with van der Waals surface area (Å²) in [5.74, 6) is 1.34. The highest BCUT2D eigenvalue weighted by atomic mass is 16.5. The monoisotopic (exact) mass is 310 g/mol. The molecular formula is C15H26N4O3. The molecule has 0 bridgehead atoms. The molecule has 124 valence electrons. The molecule has 22 heavy (non-hydrogen) atoms. The number of rotatable bonds is 10. The van der Waals surface area contributed by atoms with Crippen molar-refractivity contribution in [2.75, 3.05) is 47.1 Å². The van der Waals surface area contributed by atoms with Crippen molar-refractivity contribution in [3.63, 3.8) is 0 Å². The summed E-state index contributed by atoms with van der Waals surface area (Å²) in [7, 11) is 3.31. The van der Waals surface area contributed by atoms with Crippen LogP contribution in [0.2, 0.25) is 0 Å². The predicted octanol–water partition coefficient (Wildman–Crippen LogP) is 0.808. The summed E-state index contributed by atoms with van der Waals surface area (Å²) in [5.41, 5.74) is 0.933. The Kier molecular flexibility index (Phi) is 9.73. The summed E-state index contributed by atoms with van der Waals surface area (Å²) in [6, 6.07) is 3.83. The Balaban J connectivity index is 2.63. The predicted molar refractivity (Wildman–Crippen MR) is 86.3 cm³/mol. The maximum atomic E-state index is 5.60. The molecule has 1 rings (SSSR count). The Hall–Kier alpha value is -1.86. The lowest BCUT2D eigenvalue weighted by atomic mass is 10.3. The molecule has 0 aliphatic heterocycles. The number of hydrogen-bond acceptors (Lipinski definition) is 5. The Bertz CT molecular complexity index is 441. The average molecular weight is 310 g/mol. The minimum absolute atomic E-state index is 0.469. The van der Waals surface area contributed by atoms with E-state index in [0.29, 0.717) is 38.8 Å². The topological polar surface area (TPSA) is 77.0 Å². The second-order valence-corrected chi connectivity index (χ2v) is 4.42. The first-order chi connectivity index (χ1) is 10.8. The highest BCUT2D eigenvalue weighted by Crippen LogP contribution is 2.15. The maximum Gasteiger partial charge on any atom is 0.218 e. The lowest BCUT2D eigenvalue weighted by molar-refractivity contribution is 0.143. The van der Waals surface area contributed by atoms with Gasteiger partial charge >= 0.3 is 0 Å². The second-order valence-electron chi connectivity index (χ2n) is 4.42. The van der Waals surface area contributed by atoms with Crippen molar-refractivity contribution in [1.29, 1.82) is 0 Å². The molecule has 0 aromatic carbocycles. The van der Waals surface area contributed by atoms with Crippen molar-refractivity contribution >= 4 is 5.96 Å². The fourth-order valence-corrected chi connectivity index (χ4v) is 1.67. The summed E-state index contributed by atoms with van der Waals surface area (Å²) in [5, 5.41) is 6.38. The molecule has 0 aliphatic rings. The van der Waals surface area contributed by atoms with Gasteiger partial charge in [-0.05, 0) is 13.0 Å². The van der Waals surface area contributed by atoms with Crippen LogP contribution in [0.5, 0.6) is 5.88 Å². The molecular weight excluding hydrogens is 284 g/mol. The quantitative estimate of drug-likeness (QED) is 0.378. The van der Waals surface area contributed by atoms with Gasteiger partial charge in [-0.3, -0.25) is 0 Å². The molecule has 1 aromatic rings. The number of guanidine groups is 1. The van der Waals surface area contributed by atoms with E-state index in [1.54, 1.807) is 20.4 Å². The fraction of sp³-hybridized carbons (Fsp3) is 0.600. The largest absolute Gasteiger partial charge is 0.475 e. The standard InChI is InChI=1S/C15H26N4O3/c1-4-16-15(18-8-9-20-2)19-12-13-6-5-7-17-14(13)22-11-10-21-3/h5-7H,4,8-12H2,1-3H3,(H2,16,18,19). The van der Waals surface area contributed by atoms with Crippen molar-refractivity contribution in [3.8, 4) is 5.88 Å². The summed E-state index contributed by atoms with van der Waals surface area (Å²) >= 11 is 0. The van der Waals surface area contributed by atoms with Gasteiger partial charge < -0.3 is 24.8 Å². The number of hydrogen-bond donors (Lipinski definition) is 2. The normalized spacial score (nSPS) is 11.3. The zero-order chi connectivity index (χ0) is 16.0. The van der Waals surface area contributed by atoms with Gasteiger partial charge in [-0.25, -0.2) is 9.98 Å². The smallest absolute Gasteiger partial charge is 0.218 e. The third-order valence-electron chi connectivity index (χ3n) is 2.73. The van der Waals surface area contributed by atoms with Crippen LogP contribution in [0.1, 0.15) is 12.5 Å². The lowest BCUT2D eigenvalue weighted by Crippen LogP contribution is -2.38. The highest BCUT2D eigenvalue weighted by molar-refractivity contribution is 5.79. The molecule has 2 N–H and O–H groups in total. The van der Waals surface area contributed by atoms with Crippen molar-refractivity contribution in [2.24, 2.45) is 4.99 Å². The van der Waals surface area contributed by atoms with Crippen LogP contribution in [0.4, 0.5) is 0 Å². The fourth-order valence-electron chi connectivity index (χ4n) is 1.67. The minimum Gasteiger partial charge on any atom is -0.475 e. The van der Waals surface area contributed by atoms with E-state index >= 15 is 0 Å². The molecule has 1 heterocycles. The maximum absolute atomic E-state index is 5.60. The van der Waals surface area contributed by atoms with Crippen LogP contribution in [0.25, 0.3) is 0 Å². The van der Waals surface area contributed by atoms with Crippen LogP contribution in [0.3, 0.4) is 0 Å². The molecule has 7 nitrogen and oxygen atoms in total. The van der Waals surface area contributed by atoms with Crippen molar-refractivity contribution in [3.05, 3.63) is 23.9 Å². The highest BCUT2D eigenvalue weighted by Gasteiger charge is 2.05. The number of ether oxygens (including phenoxy) is 3. The number of nitrogens with one attached hydrogen (secondary N) is 2. The van der Waals surface area contributed by atoms with Crippen LogP contribution in [0.15, 0.2) is 23.3 Å². The van der Waals surface area contributed by atoms with Crippen LogP contribution in [-0.4, -0.2) is 58.1 Å². The van der Waals surface area contributed by atoms with E-state index in [0.717, 1.165) is 18.1 Å². The van der Waals surface area contributed by atoms with E-state index in [1.165, 1.54) is 0 Å². The van der Waals surface area contributed by atoms with Gasteiger partial charge in [0, 0.05) is 39.1 Å². The zero-order valence-electron chi connectivity index (χ0n) is 13.6. The van der Waals surface area contributed by atoms with Gasteiger partial charge in [-0.1, -0.05) is 6.07 Å². The van der Waals surface area contributed by atoms with Gasteiger partial charge in [0.05, 0.1) is 19.8 Å². The molecule has 0 aliphatic carbocycles. The van der Waals surface area contributed by atoms with Crippen LogP contribution in [-0.2, 0) is 16.0 Å². The van der Waals surface area contributed by atoms with Gasteiger partial charge in [0.2, 0.25) is 5.88 Å². The van der Waals surface area contributed by atoms with Crippen LogP contribution >= 0.6 is 0 Å². The molecule has 0 saturated heterocycles. The van der Waals surface area contributed by atoms with E-state index < -0.39 is 0 Å². The van der Waals surface area contributed by atoms with Gasteiger partial charge in [-0.15, -0.1) is 0 Å². The Morgan fingerprint density at radius 1 is 1.18 bits per heavy atom. The Labute approximate surface area is 132 Å². The lowest BCUT2D eigenvalue weighted by Gasteiger charge is -2.12. The number of nitrogens with zero attached hydrogens (tertiary/aromatic N) is 2. The second kappa shape index (κ2) is 11.8. The minimum atomic E-state index is 0.469.